The maximum absolute atomic E-state index is 13.8. The molecule has 0 bridgehead atoms. The van der Waals surface area contributed by atoms with Gasteiger partial charge in [0.05, 0.1) is 30.8 Å². The van der Waals surface area contributed by atoms with E-state index in [2.05, 4.69) is 16.8 Å². The summed E-state index contributed by atoms with van der Waals surface area (Å²) in [6.07, 6.45) is 2.69. The molecule has 0 aliphatic carbocycles. The number of aliphatic carboxylic acids is 1. The Morgan fingerprint density at radius 2 is 2.03 bits per heavy atom. The summed E-state index contributed by atoms with van der Waals surface area (Å²) in [4.78, 5) is 17.9. The molecule has 0 amide bonds. The zero-order chi connectivity index (χ0) is 27.2. The van der Waals surface area contributed by atoms with E-state index in [1.165, 1.54) is 0 Å². The van der Waals surface area contributed by atoms with Gasteiger partial charge in [-0.15, -0.1) is 0 Å². The van der Waals surface area contributed by atoms with Gasteiger partial charge in [0.1, 0.15) is 11.6 Å². The van der Waals surface area contributed by atoms with Crippen LogP contribution in [0.1, 0.15) is 42.9 Å². The molecule has 2 heterocycles. The number of carboxylic acids is 1. The fraction of sp³-hybridized carbons (Fsp3) is 0.379. The molecule has 200 valence electrons. The Kier molecular flexibility index (Phi) is 8.87. The molecule has 2 aromatic carbocycles. The number of aromatic nitrogens is 1. The summed E-state index contributed by atoms with van der Waals surface area (Å²) < 4.78 is 46.0. The second-order valence-electron chi connectivity index (χ2n) is 9.57. The van der Waals surface area contributed by atoms with Gasteiger partial charge in [0, 0.05) is 30.6 Å². The highest BCUT2D eigenvalue weighted by atomic mass is 19.2. The van der Waals surface area contributed by atoms with Gasteiger partial charge >= 0.3 is 5.97 Å². The topological polar surface area (TPSA) is 82.9 Å². The van der Waals surface area contributed by atoms with Crippen molar-refractivity contribution in [2.75, 3.05) is 26.7 Å². The van der Waals surface area contributed by atoms with Crippen molar-refractivity contribution in [2.24, 2.45) is 11.8 Å². The smallest absolute Gasteiger partial charge is 0.303 e. The van der Waals surface area contributed by atoms with Crippen LogP contribution in [0.5, 0.6) is 5.75 Å². The van der Waals surface area contributed by atoms with Crippen molar-refractivity contribution in [1.82, 2.24) is 9.88 Å². The van der Waals surface area contributed by atoms with Gasteiger partial charge in [0.2, 0.25) is 0 Å². The van der Waals surface area contributed by atoms with Gasteiger partial charge < -0.3 is 14.9 Å². The quantitative estimate of drug-likeness (QED) is 0.320. The number of halogens is 3. The van der Waals surface area contributed by atoms with Crippen molar-refractivity contribution in [1.29, 1.82) is 0 Å². The summed E-state index contributed by atoms with van der Waals surface area (Å²) in [6.45, 7) is 1.33. The van der Waals surface area contributed by atoms with Crippen molar-refractivity contribution in [2.45, 2.75) is 31.8 Å². The number of ether oxygens (including phenoxy) is 1. The highest BCUT2D eigenvalue weighted by Crippen LogP contribution is 2.34. The first-order valence-corrected chi connectivity index (χ1v) is 12.4. The summed E-state index contributed by atoms with van der Waals surface area (Å²) in [6, 6.07) is 8.59. The maximum Gasteiger partial charge on any atom is 0.303 e. The van der Waals surface area contributed by atoms with Crippen LogP contribution in [0.4, 0.5) is 13.2 Å². The summed E-state index contributed by atoms with van der Waals surface area (Å²) in [5.74, 6) is 1.53. The second-order valence-corrected chi connectivity index (χ2v) is 9.57. The van der Waals surface area contributed by atoms with Gasteiger partial charge in [0.15, 0.2) is 11.6 Å². The average molecular weight is 527 g/mol. The van der Waals surface area contributed by atoms with E-state index in [4.69, 9.17) is 4.74 Å². The fourth-order valence-corrected chi connectivity index (χ4v) is 5.12. The minimum absolute atomic E-state index is 0.0240. The number of pyridine rings is 1. The van der Waals surface area contributed by atoms with E-state index in [-0.39, 0.29) is 30.4 Å². The Bertz CT molecular complexity index is 1370. The Morgan fingerprint density at radius 1 is 1.21 bits per heavy atom. The first-order chi connectivity index (χ1) is 18.2. The zero-order valence-corrected chi connectivity index (χ0v) is 21.0. The van der Waals surface area contributed by atoms with E-state index in [1.54, 1.807) is 19.4 Å². The number of rotatable bonds is 8. The molecule has 38 heavy (non-hydrogen) atoms. The maximum atomic E-state index is 13.8. The van der Waals surface area contributed by atoms with Gasteiger partial charge in [-0.25, -0.2) is 13.2 Å². The number of fused-ring (bicyclic) bond motifs is 1. The monoisotopic (exact) mass is 526 g/mol. The summed E-state index contributed by atoms with van der Waals surface area (Å²) >= 11 is 0. The van der Waals surface area contributed by atoms with E-state index in [1.807, 2.05) is 23.1 Å². The van der Waals surface area contributed by atoms with Crippen molar-refractivity contribution in [3.8, 4) is 17.6 Å². The van der Waals surface area contributed by atoms with Crippen LogP contribution in [0.3, 0.4) is 0 Å². The largest absolute Gasteiger partial charge is 0.497 e. The second kappa shape index (κ2) is 12.3. The number of likely N-dealkylation sites (tertiary alicyclic amines) is 1. The first-order valence-electron chi connectivity index (χ1n) is 12.4. The Labute approximate surface area is 219 Å². The lowest BCUT2D eigenvalue weighted by Crippen LogP contribution is -2.41. The van der Waals surface area contributed by atoms with Crippen molar-refractivity contribution >= 4 is 16.9 Å². The lowest BCUT2D eigenvalue weighted by atomic mass is 9.79. The zero-order valence-electron chi connectivity index (χ0n) is 21.0. The Hall–Kier alpha value is -3.61. The van der Waals surface area contributed by atoms with Gasteiger partial charge in [-0.1, -0.05) is 11.8 Å². The van der Waals surface area contributed by atoms with Crippen LogP contribution >= 0.6 is 0 Å². The Morgan fingerprint density at radius 3 is 2.79 bits per heavy atom. The highest BCUT2D eigenvalue weighted by Gasteiger charge is 2.31. The summed E-state index contributed by atoms with van der Waals surface area (Å²) in [5, 5.41) is 21.3. The number of piperidine rings is 1. The van der Waals surface area contributed by atoms with E-state index in [0.717, 1.165) is 22.5 Å². The molecule has 2 N–H and O–H groups in total. The minimum atomic E-state index is -1.29. The third-order valence-electron chi connectivity index (χ3n) is 7.08. The predicted molar refractivity (Wildman–Crippen MR) is 136 cm³/mol. The van der Waals surface area contributed by atoms with Gasteiger partial charge in [-0.05, 0) is 73.5 Å². The van der Waals surface area contributed by atoms with Crippen LogP contribution in [0.15, 0.2) is 42.6 Å². The van der Waals surface area contributed by atoms with Crippen LogP contribution in [-0.4, -0.2) is 52.8 Å². The lowest BCUT2D eigenvalue weighted by molar-refractivity contribution is -0.139. The number of benzene rings is 2. The molecule has 1 aliphatic rings. The van der Waals surface area contributed by atoms with Crippen LogP contribution < -0.4 is 4.74 Å². The number of nitrogens with zero attached hydrogens (tertiary/aromatic N) is 2. The van der Waals surface area contributed by atoms with E-state index >= 15 is 0 Å². The van der Waals surface area contributed by atoms with Crippen molar-refractivity contribution in [3.63, 3.8) is 0 Å². The summed E-state index contributed by atoms with van der Waals surface area (Å²) in [5.41, 5.74) is 1.15. The molecule has 1 aliphatic heterocycles. The molecular formula is C29H29F3N2O4. The molecule has 0 radical (unpaired) electrons. The molecule has 0 unspecified atom stereocenters. The van der Waals surface area contributed by atoms with Gasteiger partial charge in [0.25, 0.3) is 0 Å². The Balaban J connectivity index is 1.40. The fourth-order valence-electron chi connectivity index (χ4n) is 5.12. The molecule has 4 rings (SSSR count). The van der Waals surface area contributed by atoms with Crippen molar-refractivity contribution in [3.05, 3.63) is 71.2 Å². The molecule has 1 saturated heterocycles. The molecular weight excluding hydrogens is 497 g/mol. The molecule has 9 heteroatoms. The van der Waals surface area contributed by atoms with Crippen molar-refractivity contribution < 1.29 is 32.9 Å². The van der Waals surface area contributed by atoms with E-state index in [9.17, 15) is 28.2 Å². The molecule has 3 atom stereocenters. The number of hydrogen-bond acceptors (Lipinski definition) is 5. The minimum Gasteiger partial charge on any atom is -0.497 e. The molecule has 3 aromatic rings. The third kappa shape index (κ3) is 6.63. The molecule has 6 nitrogen and oxygen atoms in total. The number of hydrogen-bond donors (Lipinski definition) is 2. The molecule has 0 spiro atoms. The highest BCUT2D eigenvalue weighted by molar-refractivity contribution is 5.83. The van der Waals surface area contributed by atoms with E-state index < -0.39 is 29.5 Å². The SMILES string of the molecule is COc1ccc2nccc([C@H](O)CC[C@@H]3CCN(CC#Cc4cc(F)cc(F)c4F)C[C@@H]3CC(=O)O)c2c1. The number of aliphatic hydroxyl groups is 1. The number of aliphatic hydroxyl groups excluding tert-OH is 1. The van der Waals surface area contributed by atoms with Crippen LogP contribution in [0.2, 0.25) is 0 Å². The number of carboxylic acid groups (broad SMARTS) is 1. The molecule has 0 saturated carbocycles. The number of carbonyl (C=O) groups is 1. The average Bonchev–Trinajstić information content (AvgIpc) is 2.89. The summed E-state index contributed by atoms with van der Waals surface area (Å²) in [7, 11) is 1.58. The third-order valence-corrected chi connectivity index (χ3v) is 7.08. The molecule has 1 aromatic heterocycles. The lowest BCUT2D eigenvalue weighted by Gasteiger charge is -2.37. The van der Waals surface area contributed by atoms with Crippen LogP contribution in [0, 0.1) is 41.1 Å². The first kappa shape index (κ1) is 27.4. The van der Waals surface area contributed by atoms with Gasteiger partial charge in [-0.3, -0.25) is 14.7 Å². The molecule has 1 fully saturated rings. The van der Waals surface area contributed by atoms with E-state index in [0.29, 0.717) is 44.2 Å². The standard InChI is InChI=1S/C29H29F3N2O4/c1-38-22-5-6-26-24(16-22)23(8-10-33-26)27(35)7-4-18-9-12-34(17-20(18)14-28(36)37)11-2-3-19-13-21(30)15-25(31)29(19)32/h5-6,8,10,13,15-16,18,20,27,35H,4,7,9,11-12,14,17H2,1H3,(H,36,37)/t18-,20+,27-/m1/s1. The number of methoxy groups -OCH3 is 1. The van der Waals surface area contributed by atoms with Gasteiger partial charge in [-0.2, -0.15) is 0 Å². The predicted octanol–water partition coefficient (Wildman–Crippen LogP) is 4.94. The van der Waals surface area contributed by atoms with Crippen LogP contribution in [0.25, 0.3) is 10.9 Å². The van der Waals surface area contributed by atoms with Crippen LogP contribution in [-0.2, 0) is 4.79 Å². The normalized spacial score (nSPS) is 18.6.